The Kier molecular flexibility index (Phi) is 6.57. The molecule has 2 heterocycles. The maximum atomic E-state index is 10.5. The molecule has 0 spiro atoms. The van der Waals surface area contributed by atoms with E-state index in [1.54, 1.807) is 19.1 Å². The summed E-state index contributed by atoms with van der Waals surface area (Å²) in [7, 11) is 0. The van der Waals surface area contributed by atoms with Crippen LogP contribution in [0.4, 0.5) is 0 Å². The molecule has 0 saturated heterocycles. The molecule has 8 nitrogen and oxygen atoms in total. The number of carbonyl (C=O) groups excluding carboxylic acids is 1. The molecule has 0 bridgehead atoms. The summed E-state index contributed by atoms with van der Waals surface area (Å²) in [6.45, 7) is 2.59. The lowest BCUT2D eigenvalue weighted by Crippen LogP contribution is -2.10. The monoisotopic (exact) mass is 314 g/mol. The van der Waals surface area contributed by atoms with E-state index in [9.17, 15) is 9.59 Å². The van der Waals surface area contributed by atoms with E-state index in [2.05, 4.69) is 14.8 Å². The van der Waals surface area contributed by atoms with Crippen molar-refractivity contribution in [1.82, 2.24) is 14.6 Å². The van der Waals surface area contributed by atoms with Gasteiger partial charge in [0.2, 0.25) is 0 Å². The van der Waals surface area contributed by atoms with Crippen molar-refractivity contribution in [1.29, 1.82) is 0 Å². The van der Waals surface area contributed by atoms with Gasteiger partial charge in [0.15, 0.2) is 11.3 Å². The van der Waals surface area contributed by atoms with Crippen LogP contribution in [0.2, 0.25) is 5.15 Å². The Balaban J connectivity index is 0.000000240. The minimum Gasteiger partial charge on any atom is -0.476 e. The van der Waals surface area contributed by atoms with E-state index in [1.165, 1.54) is 10.7 Å². The quantitative estimate of drug-likeness (QED) is 0.807. The molecule has 0 saturated carbocycles. The number of carboxylic acids is 1. The van der Waals surface area contributed by atoms with Crippen LogP contribution in [0.25, 0.3) is 5.65 Å². The third kappa shape index (κ3) is 5.36. The maximum absolute atomic E-state index is 10.5. The standard InChI is InChI=1S/C7H4ClN3O2.C5H11NO2/c8-5-1-2-6-9-4(7(12)13)3-11(6)10-5;1-2-8-5(7)3-4-6/h1-3H,(H,12,13);2-4,6H2,1H3. The molecule has 2 aromatic rings. The number of nitrogens with zero attached hydrogens (tertiary/aromatic N) is 3. The van der Waals surface area contributed by atoms with E-state index in [4.69, 9.17) is 22.4 Å². The van der Waals surface area contributed by atoms with Crippen molar-refractivity contribution < 1.29 is 19.4 Å². The second-order valence-corrected chi connectivity index (χ2v) is 4.12. The molecular weight excluding hydrogens is 300 g/mol. The topological polar surface area (TPSA) is 120 Å². The second kappa shape index (κ2) is 8.18. The van der Waals surface area contributed by atoms with E-state index in [1.807, 2.05) is 0 Å². The summed E-state index contributed by atoms with van der Waals surface area (Å²) in [5, 5.41) is 12.7. The van der Waals surface area contributed by atoms with Crippen LogP contribution in [-0.2, 0) is 9.53 Å². The maximum Gasteiger partial charge on any atom is 0.356 e. The first-order valence-electron chi connectivity index (χ1n) is 6.08. The van der Waals surface area contributed by atoms with Crippen LogP contribution in [0, 0.1) is 0 Å². The van der Waals surface area contributed by atoms with Crippen molar-refractivity contribution in [3.8, 4) is 0 Å². The largest absolute Gasteiger partial charge is 0.476 e. The highest BCUT2D eigenvalue weighted by Gasteiger charge is 2.08. The normalized spacial score (nSPS) is 9.86. The molecule has 0 fully saturated rings. The summed E-state index contributed by atoms with van der Waals surface area (Å²) in [5.41, 5.74) is 5.47. The average Bonchev–Trinajstić information content (AvgIpc) is 2.83. The number of aromatic nitrogens is 3. The number of hydrogen-bond donors (Lipinski definition) is 2. The van der Waals surface area contributed by atoms with E-state index >= 15 is 0 Å². The zero-order chi connectivity index (χ0) is 15.8. The Hall–Kier alpha value is -2.19. The highest BCUT2D eigenvalue weighted by atomic mass is 35.5. The summed E-state index contributed by atoms with van der Waals surface area (Å²) in [4.78, 5) is 24.7. The third-order valence-corrected chi connectivity index (χ3v) is 2.36. The highest BCUT2D eigenvalue weighted by molar-refractivity contribution is 6.29. The van der Waals surface area contributed by atoms with Crippen molar-refractivity contribution in [2.75, 3.05) is 13.2 Å². The number of imidazole rings is 1. The zero-order valence-corrected chi connectivity index (χ0v) is 12.1. The van der Waals surface area contributed by atoms with Crippen molar-refractivity contribution in [2.45, 2.75) is 13.3 Å². The molecule has 0 atom stereocenters. The number of nitrogens with two attached hydrogens (primary N) is 1. The van der Waals surface area contributed by atoms with Gasteiger partial charge in [0, 0.05) is 6.54 Å². The number of esters is 1. The highest BCUT2D eigenvalue weighted by Crippen LogP contribution is 2.07. The van der Waals surface area contributed by atoms with E-state index in [0.717, 1.165) is 0 Å². The van der Waals surface area contributed by atoms with Gasteiger partial charge < -0.3 is 15.6 Å². The molecule has 3 N–H and O–H groups in total. The Labute approximate surface area is 125 Å². The molecule has 2 aromatic heterocycles. The van der Waals surface area contributed by atoms with Gasteiger partial charge in [-0.2, -0.15) is 5.10 Å². The van der Waals surface area contributed by atoms with Crippen LogP contribution in [-0.4, -0.2) is 44.8 Å². The fraction of sp³-hybridized carbons (Fsp3) is 0.333. The van der Waals surface area contributed by atoms with Gasteiger partial charge in [0.25, 0.3) is 0 Å². The number of aromatic carboxylic acids is 1. The minimum absolute atomic E-state index is 0.0465. The molecule has 114 valence electrons. The predicted octanol–water partition coefficient (Wildman–Crippen LogP) is 0.979. The lowest BCUT2D eigenvalue weighted by atomic mass is 10.4. The number of halogens is 1. The fourth-order valence-corrected chi connectivity index (χ4v) is 1.46. The van der Waals surface area contributed by atoms with Crippen LogP contribution in [0.1, 0.15) is 23.8 Å². The average molecular weight is 315 g/mol. The van der Waals surface area contributed by atoms with Crippen LogP contribution < -0.4 is 5.73 Å². The van der Waals surface area contributed by atoms with Gasteiger partial charge in [0.05, 0.1) is 19.2 Å². The van der Waals surface area contributed by atoms with E-state index in [0.29, 0.717) is 30.4 Å². The van der Waals surface area contributed by atoms with Gasteiger partial charge in [-0.3, -0.25) is 4.79 Å². The zero-order valence-electron chi connectivity index (χ0n) is 11.3. The number of ether oxygens (including phenoxy) is 1. The molecular formula is C12H15ClN4O4. The molecule has 0 amide bonds. The Morgan fingerprint density at radius 2 is 2.19 bits per heavy atom. The first-order valence-corrected chi connectivity index (χ1v) is 6.46. The Morgan fingerprint density at radius 1 is 1.48 bits per heavy atom. The first kappa shape index (κ1) is 16.9. The Morgan fingerprint density at radius 3 is 2.76 bits per heavy atom. The second-order valence-electron chi connectivity index (χ2n) is 3.73. The minimum atomic E-state index is -1.08. The van der Waals surface area contributed by atoms with Crippen molar-refractivity contribution in [3.63, 3.8) is 0 Å². The molecule has 0 aliphatic rings. The fourth-order valence-electron chi connectivity index (χ4n) is 1.31. The number of hydrogen-bond acceptors (Lipinski definition) is 6. The SMILES string of the molecule is CCOC(=O)CCN.O=C(O)c1cn2nc(Cl)ccc2n1. The van der Waals surface area contributed by atoms with Gasteiger partial charge in [-0.25, -0.2) is 14.3 Å². The first-order chi connectivity index (χ1) is 9.97. The summed E-state index contributed by atoms with van der Waals surface area (Å²) in [6, 6.07) is 3.15. The summed E-state index contributed by atoms with van der Waals surface area (Å²) in [6.07, 6.45) is 1.64. The van der Waals surface area contributed by atoms with Crippen molar-refractivity contribution in [2.24, 2.45) is 5.73 Å². The number of fused-ring (bicyclic) bond motifs is 1. The lowest BCUT2D eigenvalue weighted by Gasteiger charge is -1.96. The van der Waals surface area contributed by atoms with Gasteiger partial charge >= 0.3 is 11.9 Å². The van der Waals surface area contributed by atoms with Crippen molar-refractivity contribution in [3.05, 3.63) is 29.2 Å². The van der Waals surface area contributed by atoms with Gasteiger partial charge in [-0.05, 0) is 19.1 Å². The summed E-state index contributed by atoms with van der Waals surface area (Å²) >= 11 is 5.60. The molecule has 9 heteroatoms. The van der Waals surface area contributed by atoms with E-state index in [-0.39, 0.29) is 11.7 Å². The van der Waals surface area contributed by atoms with Crippen molar-refractivity contribution >= 4 is 29.2 Å². The van der Waals surface area contributed by atoms with Gasteiger partial charge in [-0.1, -0.05) is 11.6 Å². The molecule has 0 unspecified atom stereocenters. The molecule has 0 aliphatic heterocycles. The van der Waals surface area contributed by atoms with E-state index < -0.39 is 5.97 Å². The molecule has 2 rings (SSSR count). The third-order valence-electron chi connectivity index (χ3n) is 2.16. The summed E-state index contributed by atoms with van der Waals surface area (Å²) in [5.74, 6) is -1.29. The summed E-state index contributed by atoms with van der Waals surface area (Å²) < 4.78 is 5.89. The van der Waals surface area contributed by atoms with Gasteiger partial charge in [-0.15, -0.1) is 0 Å². The molecule has 21 heavy (non-hydrogen) atoms. The van der Waals surface area contributed by atoms with Crippen LogP contribution in [0.3, 0.4) is 0 Å². The van der Waals surface area contributed by atoms with Crippen LogP contribution in [0.15, 0.2) is 18.3 Å². The number of rotatable bonds is 4. The van der Waals surface area contributed by atoms with Crippen LogP contribution >= 0.6 is 11.6 Å². The molecule has 0 radical (unpaired) electrons. The van der Waals surface area contributed by atoms with Crippen LogP contribution in [0.5, 0.6) is 0 Å². The molecule has 0 aliphatic carbocycles. The predicted molar refractivity (Wildman–Crippen MR) is 75.3 cm³/mol. The lowest BCUT2D eigenvalue weighted by molar-refractivity contribution is -0.142. The number of carbonyl (C=O) groups is 2. The Bertz CT molecular complexity index is 621. The smallest absolute Gasteiger partial charge is 0.356 e. The van der Waals surface area contributed by atoms with Gasteiger partial charge in [0.1, 0.15) is 5.15 Å². The molecule has 0 aromatic carbocycles. The number of carboxylic acid groups (broad SMARTS) is 1.